The topological polar surface area (TPSA) is 98.1 Å². The molecule has 0 bridgehead atoms. The van der Waals surface area contributed by atoms with Gasteiger partial charge in [0.1, 0.15) is 0 Å². The summed E-state index contributed by atoms with van der Waals surface area (Å²) in [6.07, 6.45) is 8.27. The lowest BCUT2D eigenvalue weighted by Gasteiger charge is -2.45. The Morgan fingerprint density at radius 3 is 1.39 bits per heavy atom. The predicted molar refractivity (Wildman–Crippen MR) is 80.0 cm³/mol. The predicted octanol–water partition coefficient (Wildman–Crippen LogP) is 1.12. The molecule has 0 atom stereocenters. The van der Waals surface area contributed by atoms with Crippen molar-refractivity contribution in [1.29, 1.82) is 0 Å². The fourth-order valence-electron chi connectivity index (χ4n) is 4.04. The largest absolute Gasteiger partial charge is 0.351 e. The van der Waals surface area contributed by atoms with E-state index in [1.54, 1.807) is 0 Å². The number of rotatable bonds is 2. The smallest absolute Gasteiger partial charge is 0.334 e. The standard InChI is InChI=1S/C16H24N2O5/c19-13-16(22,23)14(20)18(12-9-5-2-6-10-12)15(21)17(13)11-7-3-1-4-8-11/h11-12,22-23H,1-10H2. The lowest BCUT2D eigenvalue weighted by molar-refractivity contribution is -0.212. The molecule has 3 rings (SSSR count). The summed E-state index contributed by atoms with van der Waals surface area (Å²) in [4.78, 5) is 39.4. The average Bonchev–Trinajstić information content (AvgIpc) is 2.56. The molecule has 128 valence electrons. The van der Waals surface area contributed by atoms with Crippen LogP contribution in [0.4, 0.5) is 4.79 Å². The molecule has 4 amide bonds. The van der Waals surface area contributed by atoms with Gasteiger partial charge in [-0.1, -0.05) is 38.5 Å². The van der Waals surface area contributed by atoms with Crippen LogP contribution in [0.2, 0.25) is 0 Å². The van der Waals surface area contributed by atoms with E-state index in [2.05, 4.69) is 0 Å². The van der Waals surface area contributed by atoms with Crippen molar-refractivity contribution in [2.45, 2.75) is 82.1 Å². The number of hydrogen-bond acceptors (Lipinski definition) is 5. The second-order valence-corrected chi connectivity index (χ2v) is 6.89. The number of carbonyl (C=O) groups is 3. The summed E-state index contributed by atoms with van der Waals surface area (Å²) in [5, 5.41) is 20.1. The van der Waals surface area contributed by atoms with Crippen LogP contribution in [0, 0.1) is 0 Å². The second kappa shape index (κ2) is 6.20. The van der Waals surface area contributed by atoms with Crippen molar-refractivity contribution >= 4 is 17.8 Å². The molecule has 0 unspecified atom stereocenters. The summed E-state index contributed by atoms with van der Waals surface area (Å²) >= 11 is 0. The molecular formula is C16H24N2O5. The normalized spacial score (nSPS) is 27.7. The van der Waals surface area contributed by atoms with Crippen molar-refractivity contribution in [3.63, 3.8) is 0 Å². The maximum absolute atomic E-state index is 12.8. The minimum absolute atomic E-state index is 0.346. The van der Waals surface area contributed by atoms with Gasteiger partial charge in [-0.15, -0.1) is 0 Å². The van der Waals surface area contributed by atoms with Crippen molar-refractivity contribution in [1.82, 2.24) is 9.80 Å². The van der Waals surface area contributed by atoms with Gasteiger partial charge in [0.15, 0.2) is 0 Å². The maximum atomic E-state index is 12.8. The molecular weight excluding hydrogens is 300 g/mol. The summed E-state index contributed by atoms with van der Waals surface area (Å²) in [5.41, 5.74) is 0. The van der Waals surface area contributed by atoms with Gasteiger partial charge in [-0.25, -0.2) is 4.79 Å². The SMILES string of the molecule is O=C1N(C2CCCCC2)C(=O)C(O)(O)C(=O)N1C1CCCCC1. The van der Waals surface area contributed by atoms with E-state index < -0.39 is 23.6 Å². The van der Waals surface area contributed by atoms with Crippen LogP contribution in [0.5, 0.6) is 0 Å². The Morgan fingerprint density at radius 2 is 1.04 bits per heavy atom. The molecule has 7 nitrogen and oxygen atoms in total. The number of nitrogens with zero attached hydrogens (tertiary/aromatic N) is 2. The van der Waals surface area contributed by atoms with Gasteiger partial charge < -0.3 is 10.2 Å². The van der Waals surface area contributed by atoms with E-state index in [0.717, 1.165) is 48.3 Å². The van der Waals surface area contributed by atoms with Gasteiger partial charge >= 0.3 is 23.6 Å². The van der Waals surface area contributed by atoms with E-state index in [1.165, 1.54) is 0 Å². The molecule has 1 saturated heterocycles. The highest BCUT2D eigenvalue weighted by atomic mass is 16.5. The molecule has 0 aromatic heterocycles. The molecule has 1 aliphatic heterocycles. The highest BCUT2D eigenvalue weighted by molar-refractivity contribution is 6.20. The van der Waals surface area contributed by atoms with Crippen LogP contribution in [-0.2, 0) is 9.59 Å². The molecule has 0 radical (unpaired) electrons. The Hall–Kier alpha value is -1.47. The van der Waals surface area contributed by atoms with Gasteiger partial charge in [0, 0.05) is 12.1 Å². The maximum Gasteiger partial charge on any atom is 0.334 e. The Kier molecular flexibility index (Phi) is 4.42. The summed E-state index contributed by atoms with van der Waals surface area (Å²) < 4.78 is 0. The number of imide groups is 2. The van der Waals surface area contributed by atoms with Crippen LogP contribution in [0.25, 0.3) is 0 Å². The first-order valence-corrected chi connectivity index (χ1v) is 8.60. The van der Waals surface area contributed by atoms with Crippen molar-refractivity contribution in [2.24, 2.45) is 0 Å². The van der Waals surface area contributed by atoms with Gasteiger partial charge in [0.2, 0.25) is 0 Å². The van der Waals surface area contributed by atoms with Gasteiger partial charge in [-0.05, 0) is 25.7 Å². The van der Waals surface area contributed by atoms with Crippen molar-refractivity contribution in [3.8, 4) is 0 Å². The molecule has 0 spiro atoms. The molecule has 2 aliphatic carbocycles. The van der Waals surface area contributed by atoms with Crippen LogP contribution < -0.4 is 0 Å². The summed E-state index contributed by atoms with van der Waals surface area (Å²) in [5.74, 6) is -5.50. The molecule has 2 saturated carbocycles. The summed E-state index contributed by atoms with van der Waals surface area (Å²) in [6.45, 7) is 0. The summed E-state index contributed by atoms with van der Waals surface area (Å²) in [6, 6.07) is -1.36. The molecule has 3 aliphatic rings. The first kappa shape index (κ1) is 16.4. The van der Waals surface area contributed by atoms with E-state index in [9.17, 15) is 24.6 Å². The molecule has 3 fully saturated rings. The Labute approximate surface area is 135 Å². The Morgan fingerprint density at radius 1 is 0.696 bits per heavy atom. The van der Waals surface area contributed by atoms with Gasteiger partial charge in [0.05, 0.1) is 0 Å². The minimum atomic E-state index is -3.12. The van der Waals surface area contributed by atoms with Crippen LogP contribution in [0.3, 0.4) is 0 Å². The molecule has 0 aromatic rings. The third kappa shape index (κ3) is 2.76. The lowest BCUT2D eigenvalue weighted by Crippen LogP contribution is -2.72. The van der Waals surface area contributed by atoms with Crippen molar-refractivity contribution in [3.05, 3.63) is 0 Å². The fraction of sp³-hybridized carbons (Fsp3) is 0.812. The molecule has 7 heteroatoms. The minimum Gasteiger partial charge on any atom is -0.351 e. The summed E-state index contributed by atoms with van der Waals surface area (Å²) in [7, 11) is 0. The van der Waals surface area contributed by atoms with Gasteiger partial charge in [-0.2, -0.15) is 0 Å². The van der Waals surface area contributed by atoms with Crippen LogP contribution >= 0.6 is 0 Å². The molecule has 0 aromatic carbocycles. The Balaban J connectivity index is 1.91. The zero-order valence-corrected chi connectivity index (χ0v) is 13.2. The van der Waals surface area contributed by atoms with E-state index in [1.807, 2.05) is 0 Å². The zero-order chi connectivity index (χ0) is 16.6. The van der Waals surface area contributed by atoms with Crippen molar-refractivity contribution in [2.75, 3.05) is 0 Å². The number of hydrogen-bond donors (Lipinski definition) is 2. The third-order valence-electron chi connectivity index (χ3n) is 5.33. The first-order valence-electron chi connectivity index (χ1n) is 8.60. The Bertz CT molecular complexity index is 465. The number of barbiturate groups is 1. The molecule has 23 heavy (non-hydrogen) atoms. The molecule has 1 heterocycles. The van der Waals surface area contributed by atoms with E-state index >= 15 is 0 Å². The van der Waals surface area contributed by atoms with Gasteiger partial charge in [0.25, 0.3) is 0 Å². The fourth-order valence-corrected chi connectivity index (χ4v) is 4.04. The number of urea groups is 1. The van der Waals surface area contributed by atoms with Crippen LogP contribution in [0.1, 0.15) is 64.2 Å². The number of amides is 4. The van der Waals surface area contributed by atoms with Crippen molar-refractivity contribution < 1.29 is 24.6 Å². The highest BCUT2D eigenvalue weighted by Crippen LogP contribution is 2.33. The van der Waals surface area contributed by atoms with Crippen LogP contribution in [0.15, 0.2) is 0 Å². The van der Waals surface area contributed by atoms with E-state index in [0.29, 0.717) is 25.7 Å². The number of carbonyl (C=O) groups excluding carboxylic acids is 3. The highest BCUT2D eigenvalue weighted by Gasteiger charge is 2.59. The van der Waals surface area contributed by atoms with Gasteiger partial charge in [-0.3, -0.25) is 19.4 Å². The third-order valence-corrected chi connectivity index (χ3v) is 5.33. The van der Waals surface area contributed by atoms with E-state index in [4.69, 9.17) is 0 Å². The lowest BCUT2D eigenvalue weighted by atomic mass is 9.91. The van der Waals surface area contributed by atoms with Crippen LogP contribution in [-0.4, -0.2) is 55.7 Å². The quantitative estimate of drug-likeness (QED) is 0.586. The second-order valence-electron chi connectivity index (χ2n) is 6.89. The first-order chi connectivity index (χ1) is 10.9. The number of aliphatic hydroxyl groups is 2. The zero-order valence-electron chi connectivity index (χ0n) is 13.2. The monoisotopic (exact) mass is 324 g/mol. The molecule has 2 N–H and O–H groups in total. The van der Waals surface area contributed by atoms with E-state index in [-0.39, 0.29) is 12.1 Å². The average molecular weight is 324 g/mol.